The monoisotopic (exact) mass is 433 g/mol. The summed E-state index contributed by atoms with van der Waals surface area (Å²) in [4.78, 5) is 26.4. The van der Waals surface area contributed by atoms with E-state index < -0.39 is 5.91 Å². The van der Waals surface area contributed by atoms with E-state index in [2.05, 4.69) is 10.6 Å². The Balaban J connectivity index is 1.51. The smallest absolute Gasteiger partial charge is 0.264 e. The number of halogens is 1. The highest BCUT2D eigenvalue weighted by Gasteiger charge is 2.18. The first-order chi connectivity index (χ1) is 14.0. The molecule has 2 N–H and O–H groups in total. The van der Waals surface area contributed by atoms with Crippen LogP contribution in [0.15, 0.2) is 48.5 Å². The lowest BCUT2D eigenvalue weighted by atomic mass is 10.1. The van der Waals surface area contributed by atoms with E-state index in [1.165, 1.54) is 0 Å². The van der Waals surface area contributed by atoms with Crippen molar-refractivity contribution >= 4 is 46.4 Å². The Hall–Kier alpha value is -2.68. The molecule has 9 heteroatoms. The van der Waals surface area contributed by atoms with E-state index in [0.29, 0.717) is 48.3 Å². The van der Waals surface area contributed by atoms with Crippen LogP contribution in [0.4, 0.5) is 5.69 Å². The van der Waals surface area contributed by atoms with Crippen molar-refractivity contribution in [3.63, 3.8) is 0 Å². The molecule has 0 saturated carbocycles. The van der Waals surface area contributed by atoms with Crippen molar-refractivity contribution in [3.05, 3.63) is 59.1 Å². The molecule has 2 aromatic carbocycles. The van der Waals surface area contributed by atoms with E-state index in [1.807, 2.05) is 0 Å². The Morgan fingerprint density at radius 1 is 1.14 bits per heavy atom. The average molecular weight is 434 g/mol. The van der Waals surface area contributed by atoms with E-state index in [1.54, 1.807) is 53.4 Å². The lowest BCUT2D eigenvalue weighted by Crippen LogP contribution is -2.40. The summed E-state index contributed by atoms with van der Waals surface area (Å²) in [7, 11) is 0. The van der Waals surface area contributed by atoms with Crippen LogP contribution < -0.4 is 15.4 Å². The summed E-state index contributed by atoms with van der Waals surface area (Å²) in [6.45, 7) is 1.97. The number of ether oxygens (including phenoxy) is 2. The van der Waals surface area contributed by atoms with Crippen molar-refractivity contribution in [1.29, 1.82) is 0 Å². The van der Waals surface area contributed by atoms with Crippen LogP contribution in [0.25, 0.3) is 0 Å². The summed E-state index contributed by atoms with van der Waals surface area (Å²) in [5, 5.41) is 5.96. The van der Waals surface area contributed by atoms with Gasteiger partial charge in [-0.05, 0) is 42.5 Å². The third kappa shape index (κ3) is 6.15. The Morgan fingerprint density at radius 2 is 1.90 bits per heavy atom. The normalized spacial score (nSPS) is 13.5. The zero-order chi connectivity index (χ0) is 20.6. The molecular weight excluding hydrogens is 414 g/mol. The van der Waals surface area contributed by atoms with Gasteiger partial charge in [0, 0.05) is 24.3 Å². The minimum Gasteiger partial charge on any atom is -0.482 e. The number of hydrogen-bond acceptors (Lipinski definition) is 5. The van der Waals surface area contributed by atoms with Crippen LogP contribution in [0.5, 0.6) is 5.75 Å². The Kier molecular flexibility index (Phi) is 7.40. The van der Waals surface area contributed by atoms with Crippen LogP contribution in [-0.2, 0) is 9.53 Å². The number of anilines is 1. The summed E-state index contributed by atoms with van der Waals surface area (Å²) < 4.78 is 10.6. The number of nitrogens with one attached hydrogen (secondary N) is 2. The van der Waals surface area contributed by atoms with Gasteiger partial charge in [-0.1, -0.05) is 29.8 Å². The molecule has 0 atom stereocenters. The summed E-state index contributed by atoms with van der Waals surface area (Å²) in [6, 6.07) is 13.8. The molecule has 1 heterocycles. The molecule has 0 aliphatic carbocycles. The molecular formula is C20H20ClN3O4S. The molecule has 3 rings (SSSR count). The second-order valence-electron chi connectivity index (χ2n) is 6.21. The molecule has 1 aliphatic heterocycles. The summed E-state index contributed by atoms with van der Waals surface area (Å²) >= 11 is 11.2. The van der Waals surface area contributed by atoms with Crippen LogP contribution in [0.3, 0.4) is 0 Å². The number of amides is 2. The quantitative estimate of drug-likeness (QED) is 0.706. The topological polar surface area (TPSA) is 79.9 Å². The van der Waals surface area contributed by atoms with Gasteiger partial charge in [0.05, 0.1) is 18.2 Å². The molecule has 0 unspecified atom stereocenters. The highest BCUT2D eigenvalue weighted by Crippen LogP contribution is 2.22. The molecule has 0 radical (unpaired) electrons. The van der Waals surface area contributed by atoms with E-state index in [0.717, 1.165) is 0 Å². The number of morpholine rings is 1. The van der Waals surface area contributed by atoms with Crippen LogP contribution in [0.1, 0.15) is 10.4 Å². The molecule has 1 saturated heterocycles. The van der Waals surface area contributed by atoms with Gasteiger partial charge in [0.2, 0.25) is 0 Å². The predicted octanol–water partition coefficient (Wildman–Crippen LogP) is 2.70. The third-order valence-corrected chi connectivity index (χ3v) is 4.63. The van der Waals surface area contributed by atoms with Gasteiger partial charge in [-0.15, -0.1) is 0 Å². The van der Waals surface area contributed by atoms with E-state index in [9.17, 15) is 9.59 Å². The molecule has 1 aliphatic rings. The predicted molar refractivity (Wildman–Crippen MR) is 114 cm³/mol. The van der Waals surface area contributed by atoms with Crippen LogP contribution >= 0.6 is 23.8 Å². The number of carbonyl (C=O) groups is 2. The standard InChI is InChI=1S/C20H20ClN3O4S/c21-16-6-1-2-7-17(16)28-13-18(25)23-20(29)22-15-5-3-4-14(12-15)19(26)24-8-10-27-11-9-24/h1-7,12H,8-11,13H2,(H2,22,23,25,29). The highest BCUT2D eigenvalue weighted by molar-refractivity contribution is 7.80. The first kappa shape index (κ1) is 21.0. The molecule has 7 nitrogen and oxygen atoms in total. The van der Waals surface area contributed by atoms with E-state index in [4.69, 9.17) is 33.3 Å². The molecule has 152 valence electrons. The van der Waals surface area contributed by atoms with Crippen LogP contribution in [0, 0.1) is 0 Å². The maximum atomic E-state index is 12.6. The van der Waals surface area contributed by atoms with Gasteiger partial charge in [-0.2, -0.15) is 0 Å². The number of carbonyl (C=O) groups excluding carboxylic acids is 2. The molecule has 2 aromatic rings. The molecule has 1 fully saturated rings. The Labute approximate surface area is 178 Å². The molecule has 0 spiro atoms. The van der Waals surface area contributed by atoms with Gasteiger partial charge < -0.3 is 19.7 Å². The second-order valence-corrected chi connectivity index (χ2v) is 7.02. The van der Waals surface area contributed by atoms with E-state index in [-0.39, 0.29) is 17.6 Å². The molecule has 0 aromatic heterocycles. The first-order valence-electron chi connectivity index (χ1n) is 8.98. The van der Waals surface area contributed by atoms with Crippen molar-refractivity contribution in [1.82, 2.24) is 10.2 Å². The number of nitrogens with zero attached hydrogens (tertiary/aromatic N) is 1. The highest BCUT2D eigenvalue weighted by atomic mass is 35.5. The van der Waals surface area contributed by atoms with Crippen LogP contribution in [0.2, 0.25) is 5.02 Å². The average Bonchev–Trinajstić information content (AvgIpc) is 2.73. The van der Waals surface area contributed by atoms with Gasteiger partial charge in [-0.3, -0.25) is 14.9 Å². The fourth-order valence-electron chi connectivity index (χ4n) is 2.71. The zero-order valence-corrected chi connectivity index (χ0v) is 17.1. The molecule has 2 amide bonds. The van der Waals surface area contributed by atoms with Gasteiger partial charge in [0.15, 0.2) is 11.7 Å². The summed E-state index contributed by atoms with van der Waals surface area (Å²) in [6.07, 6.45) is 0. The largest absolute Gasteiger partial charge is 0.482 e. The second kappa shape index (κ2) is 10.2. The minimum absolute atomic E-state index is 0.0694. The maximum Gasteiger partial charge on any atom is 0.264 e. The van der Waals surface area contributed by atoms with Crippen molar-refractivity contribution < 1.29 is 19.1 Å². The van der Waals surface area contributed by atoms with Crippen LogP contribution in [-0.4, -0.2) is 54.7 Å². The number of benzene rings is 2. The fraction of sp³-hybridized carbons (Fsp3) is 0.250. The third-order valence-electron chi connectivity index (χ3n) is 4.11. The van der Waals surface area contributed by atoms with Crippen molar-refractivity contribution in [2.45, 2.75) is 0 Å². The van der Waals surface area contributed by atoms with Gasteiger partial charge in [-0.25, -0.2) is 0 Å². The fourth-order valence-corrected chi connectivity index (χ4v) is 3.13. The van der Waals surface area contributed by atoms with Crippen molar-refractivity contribution in [2.24, 2.45) is 0 Å². The van der Waals surface area contributed by atoms with Crippen molar-refractivity contribution in [2.75, 3.05) is 38.2 Å². The Morgan fingerprint density at radius 3 is 2.66 bits per heavy atom. The lowest BCUT2D eigenvalue weighted by Gasteiger charge is -2.27. The Bertz CT molecular complexity index is 903. The number of rotatable bonds is 5. The first-order valence-corrected chi connectivity index (χ1v) is 9.77. The zero-order valence-electron chi connectivity index (χ0n) is 15.5. The molecule has 0 bridgehead atoms. The number of hydrogen-bond donors (Lipinski definition) is 2. The number of thiocarbonyl (C=S) groups is 1. The lowest BCUT2D eigenvalue weighted by molar-refractivity contribution is -0.121. The summed E-state index contributed by atoms with van der Waals surface area (Å²) in [5.41, 5.74) is 1.13. The number of para-hydroxylation sites is 1. The van der Waals surface area contributed by atoms with Gasteiger partial charge in [0.25, 0.3) is 11.8 Å². The maximum absolute atomic E-state index is 12.6. The SMILES string of the molecule is O=C(COc1ccccc1Cl)NC(=S)Nc1cccc(C(=O)N2CCOCC2)c1. The summed E-state index contributed by atoms with van der Waals surface area (Å²) in [5.74, 6) is -0.0828. The van der Waals surface area contributed by atoms with Gasteiger partial charge >= 0.3 is 0 Å². The molecule has 29 heavy (non-hydrogen) atoms. The minimum atomic E-state index is -0.428. The van der Waals surface area contributed by atoms with E-state index >= 15 is 0 Å². The van der Waals surface area contributed by atoms with Gasteiger partial charge in [0.1, 0.15) is 5.75 Å². The van der Waals surface area contributed by atoms with Crippen molar-refractivity contribution in [3.8, 4) is 5.75 Å².